The molecule has 29 heavy (non-hydrogen) atoms. The van der Waals surface area contributed by atoms with Crippen LogP contribution < -0.4 is 18.9 Å². The number of nitrogens with one attached hydrogen (secondary N) is 1. The van der Waals surface area contributed by atoms with Crippen molar-refractivity contribution >= 4 is 10.0 Å². The molecule has 0 saturated heterocycles. The van der Waals surface area contributed by atoms with E-state index in [1.165, 1.54) is 7.11 Å². The van der Waals surface area contributed by atoms with Crippen molar-refractivity contribution in [3.63, 3.8) is 0 Å². The number of methoxy groups -OCH3 is 1. The van der Waals surface area contributed by atoms with Gasteiger partial charge in [-0.25, -0.2) is 13.1 Å². The number of fused-ring (bicyclic) bond motifs is 1. The number of likely N-dealkylation sites (N-methyl/N-ethyl adjacent to an activating group) is 1. The molecule has 0 radical (unpaired) electrons. The highest BCUT2D eigenvalue weighted by molar-refractivity contribution is 7.89. The zero-order valence-electron chi connectivity index (χ0n) is 17.4. The summed E-state index contributed by atoms with van der Waals surface area (Å²) in [5, 5.41) is 0. The summed E-state index contributed by atoms with van der Waals surface area (Å²) >= 11 is 0. The normalized spacial score (nSPS) is 14.4. The predicted octanol–water partition coefficient (Wildman–Crippen LogP) is 3.13. The number of nitrogens with zero attached hydrogens (tertiary/aromatic N) is 1. The van der Waals surface area contributed by atoms with E-state index < -0.39 is 10.0 Å². The molecule has 0 unspecified atom stereocenters. The first-order chi connectivity index (χ1) is 13.7. The van der Waals surface area contributed by atoms with Gasteiger partial charge in [0.2, 0.25) is 16.8 Å². The lowest BCUT2D eigenvalue weighted by molar-refractivity contribution is 0.174. The molecule has 7 nitrogen and oxygen atoms in total. The number of hydrogen-bond donors (Lipinski definition) is 1. The van der Waals surface area contributed by atoms with Crippen LogP contribution >= 0.6 is 0 Å². The van der Waals surface area contributed by atoms with Crippen LogP contribution in [0.15, 0.2) is 41.3 Å². The molecule has 8 heteroatoms. The van der Waals surface area contributed by atoms with E-state index in [4.69, 9.17) is 14.2 Å². The van der Waals surface area contributed by atoms with E-state index in [-0.39, 0.29) is 30.2 Å². The van der Waals surface area contributed by atoms with Gasteiger partial charge in [0, 0.05) is 12.6 Å². The molecule has 0 aromatic heterocycles. The molecular formula is C21H28N2O5S. The second-order valence-corrected chi connectivity index (χ2v) is 9.24. The summed E-state index contributed by atoms with van der Waals surface area (Å²) in [6.07, 6.45) is 0. The van der Waals surface area contributed by atoms with Crippen LogP contribution in [0.1, 0.15) is 36.9 Å². The molecule has 0 fully saturated rings. The van der Waals surface area contributed by atoms with Crippen molar-refractivity contribution < 1.29 is 22.6 Å². The van der Waals surface area contributed by atoms with Crippen LogP contribution in [0.5, 0.6) is 17.2 Å². The van der Waals surface area contributed by atoms with Crippen LogP contribution in [-0.2, 0) is 10.0 Å². The van der Waals surface area contributed by atoms with Gasteiger partial charge in [-0.3, -0.25) is 0 Å². The Morgan fingerprint density at radius 1 is 1.07 bits per heavy atom. The van der Waals surface area contributed by atoms with Gasteiger partial charge in [-0.15, -0.1) is 0 Å². The topological polar surface area (TPSA) is 77.1 Å². The summed E-state index contributed by atoms with van der Waals surface area (Å²) in [6, 6.07) is 10.7. The highest BCUT2D eigenvalue weighted by Gasteiger charge is 2.25. The molecule has 158 valence electrons. The first-order valence-corrected chi connectivity index (χ1v) is 10.9. The number of hydrogen-bond acceptors (Lipinski definition) is 6. The molecular weight excluding hydrogens is 392 g/mol. The lowest BCUT2D eigenvalue weighted by Crippen LogP contribution is -2.34. The van der Waals surface area contributed by atoms with Gasteiger partial charge in [0.1, 0.15) is 10.6 Å². The van der Waals surface area contributed by atoms with E-state index in [1.807, 2.05) is 57.1 Å². The summed E-state index contributed by atoms with van der Waals surface area (Å²) < 4.78 is 45.0. The average molecular weight is 421 g/mol. The van der Waals surface area contributed by atoms with Gasteiger partial charge in [0.15, 0.2) is 11.5 Å². The molecule has 1 N–H and O–H groups in total. The fourth-order valence-corrected chi connectivity index (χ4v) is 4.49. The molecule has 0 spiro atoms. The van der Waals surface area contributed by atoms with Gasteiger partial charge in [-0.2, -0.15) is 0 Å². The van der Waals surface area contributed by atoms with Crippen molar-refractivity contribution in [2.24, 2.45) is 0 Å². The maximum absolute atomic E-state index is 13.1. The smallest absolute Gasteiger partial charge is 0.244 e. The summed E-state index contributed by atoms with van der Waals surface area (Å²) in [5.41, 5.74) is 1.87. The molecule has 0 bridgehead atoms. The Hall–Kier alpha value is -2.29. The third-order valence-electron chi connectivity index (χ3n) is 5.02. The Bertz CT molecular complexity index is 973. The van der Waals surface area contributed by atoms with Crippen molar-refractivity contribution in [2.45, 2.75) is 30.7 Å². The van der Waals surface area contributed by atoms with Crippen LogP contribution in [0.2, 0.25) is 0 Å². The van der Waals surface area contributed by atoms with Crippen molar-refractivity contribution in [2.75, 3.05) is 34.5 Å². The average Bonchev–Trinajstić information content (AvgIpc) is 3.15. The van der Waals surface area contributed by atoms with E-state index >= 15 is 0 Å². The van der Waals surface area contributed by atoms with Gasteiger partial charge in [0.25, 0.3) is 0 Å². The zero-order chi connectivity index (χ0) is 21.2. The fourth-order valence-electron chi connectivity index (χ4n) is 3.25. The minimum atomic E-state index is -3.76. The largest absolute Gasteiger partial charge is 0.495 e. The Balaban J connectivity index is 1.85. The van der Waals surface area contributed by atoms with Gasteiger partial charge in [-0.1, -0.05) is 26.0 Å². The summed E-state index contributed by atoms with van der Waals surface area (Å²) in [6.45, 7) is 4.44. The highest BCUT2D eigenvalue weighted by Crippen LogP contribution is 2.35. The van der Waals surface area contributed by atoms with Gasteiger partial charge in [0.05, 0.1) is 7.11 Å². The van der Waals surface area contributed by atoms with Crippen molar-refractivity contribution in [1.82, 2.24) is 9.62 Å². The predicted molar refractivity (Wildman–Crippen MR) is 111 cm³/mol. The molecule has 1 aliphatic heterocycles. The zero-order valence-corrected chi connectivity index (χ0v) is 18.2. The lowest BCUT2D eigenvalue weighted by atomic mass is 10.0. The quantitative estimate of drug-likeness (QED) is 0.707. The summed E-state index contributed by atoms with van der Waals surface area (Å²) in [5.74, 6) is 1.90. The van der Waals surface area contributed by atoms with E-state index in [0.29, 0.717) is 17.2 Å². The molecule has 0 saturated carbocycles. The number of rotatable bonds is 8. The van der Waals surface area contributed by atoms with Gasteiger partial charge in [-0.05, 0) is 55.4 Å². The van der Waals surface area contributed by atoms with E-state index in [9.17, 15) is 8.42 Å². The molecule has 1 aliphatic rings. The molecule has 0 amide bonds. The van der Waals surface area contributed by atoms with E-state index in [0.717, 1.165) is 11.1 Å². The minimum Gasteiger partial charge on any atom is -0.495 e. The number of benzene rings is 2. The monoisotopic (exact) mass is 420 g/mol. The third-order valence-corrected chi connectivity index (χ3v) is 6.46. The van der Waals surface area contributed by atoms with Gasteiger partial charge < -0.3 is 19.1 Å². The first-order valence-electron chi connectivity index (χ1n) is 9.46. The second kappa shape index (κ2) is 8.61. The molecule has 2 aromatic rings. The van der Waals surface area contributed by atoms with Crippen molar-refractivity contribution in [3.8, 4) is 17.2 Å². The highest BCUT2D eigenvalue weighted by atomic mass is 32.2. The van der Waals surface area contributed by atoms with Crippen molar-refractivity contribution in [1.29, 1.82) is 0 Å². The fraction of sp³-hybridized carbons (Fsp3) is 0.429. The van der Waals surface area contributed by atoms with Crippen LogP contribution in [0.3, 0.4) is 0 Å². The van der Waals surface area contributed by atoms with Crippen LogP contribution in [0.25, 0.3) is 0 Å². The maximum atomic E-state index is 13.1. The summed E-state index contributed by atoms with van der Waals surface area (Å²) in [4.78, 5) is 2.11. The molecule has 2 aromatic carbocycles. The van der Waals surface area contributed by atoms with Gasteiger partial charge >= 0.3 is 0 Å². The molecule has 3 rings (SSSR count). The summed E-state index contributed by atoms with van der Waals surface area (Å²) in [7, 11) is 1.52. The molecule has 1 atom stereocenters. The number of ether oxygens (including phenoxy) is 3. The first kappa shape index (κ1) is 21.4. The Kier molecular flexibility index (Phi) is 6.36. The van der Waals surface area contributed by atoms with Crippen LogP contribution in [0, 0.1) is 0 Å². The minimum absolute atomic E-state index is 0.148. The molecule has 1 heterocycles. The maximum Gasteiger partial charge on any atom is 0.244 e. The third kappa shape index (κ3) is 4.66. The Morgan fingerprint density at radius 2 is 1.76 bits per heavy atom. The lowest BCUT2D eigenvalue weighted by Gasteiger charge is -2.25. The standard InChI is InChI=1S/C21H28N2O5S/c1-14(2)15-6-9-19(26-5)21(11-15)29(24,25)22-12-17(23(3)4)16-7-8-18-20(10-16)28-13-27-18/h6-11,14,17,22H,12-13H2,1-5H3/t17-/m0/s1. The second-order valence-electron chi connectivity index (χ2n) is 7.51. The SMILES string of the molecule is COc1ccc(C(C)C)cc1S(=O)(=O)NC[C@@H](c1ccc2c(c1)OCO2)N(C)C. The Labute approximate surface area is 172 Å². The molecule has 0 aliphatic carbocycles. The van der Waals surface area contributed by atoms with Crippen LogP contribution in [-0.4, -0.2) is 47.9 Å². The van der Waals surface area contributed by atoms with E-state index in [1.54, 1.807) is 12.1 Å². The van der Waals surface area contributed by atoms with Crippen molar-refractivity contribution in [3.05, 3.63) is 47.5 Å². The Morgan fingerprint density at radius 3 is 2.41 bits per heavy atom. The van der Waals surface area contributed by atoms with Crippen LogP contribution in [0.4, 0.5) is 0 Å². The van der Waals surface area contributed by atoms with E-state index in [2.05, 4.69) is 4.72 Å². The number of sulfonamides is 1.